The molecule has 4 nitrogen and oxygen atoms in total. The molecule has 0 heterocycles. The van der Waals surface area contributed by atoms with Crippen LogP contribution in [0.25, 0.3) is 10.8 Å². The van der Waals surface area contributed by atoms with Crippen molar-refractivity contribution < 1.29 is 9.90 Å². The average molecular weight is 272 g/mol. The van der Waals surface area contributed by atoms with Crippen LogP contribution in [0.4, 0.5) is 5.69 Å². The van der Waals surface area contributed by atoms with E-state index in [0.29, 0.717) is 12.1 Å². The van der Waals surface area contributed by atoms with Crippen molar-refractivity contribution in [1.82, 2.24) is 0 Å². The molecule has 0 bridgehead atoms. The van der Waals surface area contributed by atoms with Gasteiger partial charge in [-0.3, -0.25) is 4.79 Å². The number of carbonyl (C=O) groups is 1. The smallest absolute Gasteiger partial charge is 0.225 e. The fourth-order valence-corrected chi connectivity index (χ4v) is 2.31. The molecule has 0 aliphatic carbocycles. The Morgan fingerprint density at radius 3 is 2.70 bits per heavy atom. The van der Waals surface area contributed by atoms with Crippen molar-refractivity contribution in [3.63, 3.8) is 0 Å². The van der Waals surface area contributed by atoms with E-state index in [9.17, 15) is 9.90 Å². The highest BCUT2D eigenvalue weighted by molar-refractivity contribution is 6.03. The number of hydrogen-bond donors (Lipinski definition) is 3. The number of rotatable bonds is 5. The van der Waals surface area contributed by atoms with Gasteiger partial charge in [-0.05, 0) is 18.6 Å². The Hall–Kier alpha value is -2.07. The molecule has 0 aliphatic rings. The van der Waals surface area contributed by atoms with Crippen molar-refractivity contribution in [3.8, 4) is 5.75 Å². The lowest BCUT2D eigenvalue weighted by Gasteiger charge is -2.12. The summed E-state index contributed by atoms with van der Waals surface area (Å²) in [5.74, 6) is 0.114. The van der Waals surface area contributed by atoms with E-state index in [0.717, 1.165) is 23.6 Å². The predicted octanol–water partition coefficient (Wildman–Crippen LogP) is 3.00. The van der Waals surface area contributed by atoms with Gasteiger partial charge in [0.25, 0.3) is 0 Å². The molecule has 0 saturated heterocycles. The number of phenolic OH excluding ortho intramolecular Hbond substituents is 1. The Bertz CT molecular complexity index is 610. The minimum absolute atomic E-state index is 0.0956. The maximum atomic E-state index is 12.0. The van der Waals surface area contributed by atoms with Gasteiger partial charge in [-0.2, -0.15) is 0 Å². The van der Waals surface area contributed by atoms with Crippen molar-refractivity contribution >= 4 is 22.4 Å². The van der Waals surface area contributed by atoms with E-state index in [1.54, 1.807) is 12.1 Å². The van der Waals surface area contributed by atoms with E-state index in [4.69, 9.17) is 5.73 Å². The molecule has 2 aromatic carbocycles. The molecule has 4 heteroatoms. The minimum Gasteiger partial charge on any atom is -0.507 e. The molecular formula is C16H20N2O2. The van der Waals surface area contributed by atoms with E-state index in [-0.39, 0.29) is 17.7 Å². The van der Waals surface area contributed by atoms with E-state index in [1.807, 2.05) is 31.2 Å². The molecule has 0 spiro atoms. The molecular weight excluding hydrogens is 252 g/mol. The zero-order valence-corrected chi connectivity index (χ0v) is 11.6. The standard InChI is InChI=1S/C16H20N2O2/c1-2-5-11(17)10-16(20)18-14-8-3-7-13-12(14)6-4-9-15(13)19/h3-4,6-9,11,19H,2,5,10,17H2,1H3,(H,18,20). The van der Waals surface area contributed by atoms with Gasteiger partial charge in [0.15, 0.2) is 0 Å². The van der Waals surface area contributed by atoms with Crippen LogP contribution in [0, 0.1) is 0 Å². The average Bonchev–Trinajstić information content (AvgIpc) is 2.40. The van der Waals surface area contributed by atoms with E-state index in [1.165, 1.54) is 0 Å². The molecule has 4 N–H and O–H groups in total. The number of anilines is 1. The molecule has 0 aliphatic heterocycles. The van der Waals surface area contributed by atoms with Crippen LogP contribution in [0.15, 0.2) is 36.4 Å². The maximum absolute atomic E-state index is 12.0. The van der Waals surface area contributed by atoms with Crippen LogP contribution in [0.5, 0.6) is 5.75 Å². The van der Waals surface area contributed by atoms with Gasteiger partial charge in [0, 0.05) is 28.9 Å². The second-order valence-corrected chi connectivity index (χ2v) is 4.98. The number of phenols is 1. The molecule has 1 atom stereocenters. The monoisotopic (exact) mass is 272 g/mol. The molecule has 0 radical (unpaired) electrons. The Balaban J connectivity index is 2.18. The first-order chi connectivity index (χ1) is 9.61. The van der Waals surface area contributed by atoms with Gasteiger partial charge in [-0.1, -0.05) is 37.6 Å². The van der Waals surface area contributed by atoms with Crippen LogP contribution in [0.3, 0.4) is 0 Å². The highest BCUT2D eigenvalue weighted by Crippen LogP contribution is 2.29. The third-order valence-corrected chi connectivity index (χ3v) is 3.28. The first-order valence-electron chi connectivity index (χ1n) is 6.88. The Kier molecular flexibility index (Phi) is 4.58. The van der Waals surface area contributed by atoms with Crippen LogP contribution < -0.4 is 11.1 Å². The fourth-order valence-electron chi connectivity index (χ4n) is 2.31. The molecule has 0 fully saturated rings. The maximum Gasteiger partial charge on any atom is 0.225 e. The lowest BCUT2D eigenvalue weighted by molar-refractivity contribution is -0.116. The molecule has 0 aromatic heterocycles. The van der Waals surface area contributed by atoms with Gasteiger partial charge in [-0.15, -0.1) is 0 Å². The van der Waals surface area contributed by atoms with Crippen LogP contribution in [0.1, 0.15) is 26.2 Å². The quantitative estimate of drug-likeness (QED) is 0.783. The normalized spacial score (nSPS) is 12.3. The summed E-state index contributed by atoms with van der Waals surface area (Å²) in [5, 5.41) is 14.2. The second kappa shape index (κ2) is 6.39. The number of amides is 1. The van der Waals surface area contributed by atoms with Crippen LogP contribution >= 0.6 is 0 Å². The molecule has 1 unspecified atom stereocenters. The summed E-state index contributed by atoms with van der Waals surface area (Å²) >= 11 is 0. The summed E-state index contributed by atoms with van der Waals surface area (Å²) in [5.41, 5.74) is 6.58. The van der Waals surface area contributed by atoms with E-state index < -0.39 is 0 Å². The highest BCUT2D eigenvalue weighted by Gasteiger charge is 2.11. The zero-order valence-electron chi connectivity index (χ0n) is 11.6. The molecule has 0 saturated carbocycles. The van der Waals surface area contributed by atoms with Crippen LogP contribution in [-0.4, -0.2) is 17.1 Å². The number of hydrogen-bond acceptors (Lipinski definition) is 3. The number of aromatic hydroxyl groups is 1. The van der Waals surface area contributed by atoms with E-state index >= 15 is 0 Å². The number of benzene rings is 2. The van der Waals surface area contributed by atoms with Gasteiger partial charge in [0.05, 0.1) is 0 Å². The SMILES string of the molecule is CCCC(N)CC(=O)Nc1cccc2c(O)cccc12. The highest BCUT2D eigenvalue weighted by atomic mass is 16.3. The number of carbonyl (C=O) groups excluding carboxylic acids is 1. The molecule has 2 aromatic rings. The topological polar surface area (TPSA) is 75.4 Å². The van der Waals surface area contributed by atoms with Crippen molar-refractivity contribution in [2.75, 3.05) is 5.32 Å². The van der Waals surface area contributed by atoms with Crippen LogP contribution in [-0.2, 0) is 4.79 Å². The van der Waals surface area contributed by atoms with Gasteiger partial charge in [0.1, 0.15) is 5.75 Å². The van der Waals surface area contributed by atoms with Gasteiger partial charge >= 0.3 is 0 Å². The number of fused-ring (bicyclic) bond motifs is 1. The predicted molar refractivity (Wildman–Crippen MR) is 81.7 cm³/mol. The molecule has 1 amide bonds. The van der Waals surface area contributed by atoms with Crippen molar-refractivity contribution in [1.29, 1.82) is 0 Å². The number of nitrogens with one attached hydrogen (secondary N) is 1. The first kappa shape index (κ1) is 14.3. The summed E-state index contributed by atoms with van der Waals surface area (Å²) in [6.07, 6.45) is 2.11. The third kappa shape index (κ3) is 3.27. The molecule has 2 rings (SSSR count). The zero-order chi connectivity index (χ0) is 14.5. The summed E-state index contributed by atoms with van der Waals surface area (Å²) in [6.45, 7) is 2.05. The summed E-state index contributed by atoms with van der Waals surface area (Å²) in [6, 6.07) is 10.6. The Morgan fingerprint density at radius 2 is 1.95 bits per heavy atom. The Labute approximate surface area is 118 Å². The van der Waals surface area contributed by atoms with Gasteiger partial charge < -0.3 is 16.2 Å². The largest absolute Gasteiger partial charge is 0.507 e. The van der Waals surface area contributed by atoms with Gasteiger partial charge in [0.2, 0.25) is 5.91 Å². The first-order valence-corrected chi connectivity index (χ1v) is 6.88. The molecule has 106 valence electrons. The van der Waals surface area contributed by atoms with E-state index in [2.05, 4.69) is 5.32 Å². The second-order valence-electron chi connectivity index (χ2n) is 4.98. The van der Waals surface area contributed by atoms with Crippen molar-refractivity contribution in [2.45, 2.75) is 32.2 Å². The summed E-state index contributed by atoms with van der Waals surface area (Å²) in [7, 11) is 0. The van der Waals surface area contributed by atoms with Crippen molar-refractivity contribution in [3.05, 3.63) is 36.4 Å². The number of nitrogens with two attached hydrogens (primary N) is 1. The fraction of sp³-hybridized carbons (Fsp3) is 0.312. The molecule has 20 heavy (non-hydrogen) atoms. The lowest BCUT2D eigenvalue weighted by Crippen LogP contribution is -2.26. The van der Waals surface area contributed by atoms with Gasteiger partial charge in [-0.25, -0.2) is 0 Å². The third-order valence-electron chi connectivity index (χ3n) is 3.28. The summed E-state index contributed by atoms with van der Waals surface area (Å²) in [4.78, 5) is 12.0. The minimum atomic E-state index is -0.108. The lowest BCUT2D eigenvalue weighted by atomic mass is 10.1. The van der Waals surface area contributed by atoms with Crippen molar-refractivity contribution in [2.24, 2.45) is 5.73 Å². The summed E-state index contributed by atoms with van der Waals surface area (Å²) < 4.78 is 0. The van der Waals surface area contributed by atoms with Crippen LogP contribution in [0.2, 0.25) is 0 Å². The Morgan fingerprint density at radius 1 is 1.25 bits per heavy atom.